The Morgan fingerprint density at radius 2 is 1.56 bits per heavy atom. The van der Waals surface area contributed by atoms with Crippen molar-refractivity contribution in [3.8, 4) is 16.9 Å². The molecule has 0 saturated carbocycles. The van der Waals surface area contributed by atoms with E-state index >= 15 is 0 Å². The topological polar surface area (TPSA) is 21.3 Å². The van der Waals surface area contributed by atoms with Gasteiger partial charge in [0, 0.05) is 6.54 Å². The van der Waals surface area contributed by atoms with E-state index in [0.717, 1.165) is 36.4 Å². The monoisotopic (exact) mass is 363 g/mol. The highest BCUT2D eigenvalue weighted by Crippen LogP contribution is 2.22. The fourth-order valence-corrected chi connectivity index (χ4v) is 3.13. The predicted molar refractivity (Wildman–Crippen MR) is 110 cm³/mol. The van der Waals surface area contributed by atoms with Crippen LogP contribution in [-0.4, -0.2) is 13.2 Å². The lowest BCUT2D eigenvalue weighted by atomic mass is 10.0. The predicted octanol–water partition coefficient (Wildman–Crippen LogP) is 5.67. The second-order valence-electron chi connectivity index (χ2n) is 6.81. The van der Waals surface area contributed by atoms with Gasteiger partial charge in [0.05, 0.1) is 6.61 Å². The highest BCUT2D eigenvalue weighted by atomic mass is 19.1. The second-order valence-corrected chi connectivity index (χ2v) is 6.81. The zero-order valence-electron chi connectivity index (χ0n) is 16.0. The van der Waals surface area contributed by atoms with E-state index < -0.39 is 0 Å². The highest BCUT2D eigenvalue weighted by molar-refractivity contribution is 5.64. The molecule has 0 fully saturated rings. The van der Waals surface area contributed by atoms with Crippen LogP contribution >= 0.6 is 0 Å². The molecule has 0 aliphatic carbocycles. The maximum absolute atomic E-state index is 13.1. The van der Waals surface area contributed by atoms with Crippen LogP contribution in [0.1, 0.15) is 23.1 Å². The Kier molecular flexibility index (Phi) is 6.61. The van der Waals surface area contributed by atoms with Crippen molar-refractivity contribution in [2.24, 2.45) is 0 Å². The van der Waals surface area contributed by atoms with E-state index in [4.69, 9.17) is 4.74 Å². The van der Waals surface area contributed by atoms with Crippen LogP contribution in [0.3, 0.4) is 0 Å². The molecule has 3 rings (SSSR count). The number of benzene rings is 3. The summed E-state index contributed by atoms with van der Waals surface area (Å²) in [6, 6.07) is 21.2. The fraction of sp³-hybridized carbons (Fsp3) is 0.250. The normalized spacial score (nSPS) is 10.8. The SMILES string of the molecule is Cc1cccc(C)c1OCCCNCc1cccc(-c2ccc(F)cc2)c1. The molecule has 0 aromatic heterocycles. The van der Waals surface area contributed by atoms with Gasteiger partial charge in [-0.1, -0.05) is 48.5 Å². The Balaban J connectivity index is 1.44. The Morgan fingerprint density at radius 3 is 2.30 bits per heavy atom. The number of rotatable bonds is 8. The maximum Gasteiger partial charge on any atom is 0.125 e. The van der Waals surface area contributed by atoms with Crippen molar-refractivity contribution in [1.82, 2.24) is 5.32 Å². The van der Waals surface area contributed by atoms with E-state index in [9.17, 15) is 4.39 Å². The average Bonchev–Trinajstić information content (AvgIpc) is 2.67. The molecular weight excluding hydrogens is 337 g/mol. The lowest BCUT2D eigenvalue weighted by Crippen LogP contribution is -2.17. The molecule has 3 heteroatoms. The number of ether oxygens (including phenoxy) is 1. The lowest BCUT2D eigenvalue weighted by molar-refractivity contribution is 0.304. The van der Waals surface area contributed by atoms with Crippen molar-refractivity contribution >= 4 is 0 Å². The van der Waals surface area contributed by atoms with Crippen LogP contribution in [-0.2, 0) is 6.54 Å². The number of aryl methyl sites for hydroxylation is 2. The number of hydrogen-bond acceptors (Lipinski definition) is 2. The fourth-order valence-electron chi connectivity index (χ4n) is 3.13. The third-order valence-corrected chi connectivity index (χ3v) is 4.59. The molecule has 0 bridgehead atoms. The van der Waals surface area contributed by atoms with E-state index in [1.807, 2.05) is 18.2 Å². The first kappa shape index (κ1) is 19.1. The van der Waals surface area contributed by atoms with Gasteiger partial charge in [-0.15, -0.1) is 0 Å². The quantitative estimate of drug-likeness (QED) is 0.521. The summed E-state index contributed by atoms with van der Waals surface area (Å²) in [7, 11) is 0. The van der Waals surface area contributed by atoms with Crippen molar-refractivity contribution in [2.45, 2.75) is 26.8 Å². The van der Waals surface area contributed by atoms with E-state index in [0.29, 0.717) is 6.61 Å². The zero-order valence-corrected chi connectivity index (χ0v) is 16.0. The van der Waals surface area contributed by atoms with Crippen LogP contribution in [0.4, 0.5) is 4.39 Å². The Bertz CT molecular complexity index is 854. The van der Waals surface area contributed by atoms with Gasteiger partial charge in [0.15, 0.2) is 0 Å². The van der Waals surface area contributed by atoms with Crippen molar-refractivity contribution < 1.29 is 9.13 Å². The molecule has 0 unspecified atom stereocenters. The van der Waals surface area contributed by atoms with Crippen LogP contribution in [0.25, 0.3) is 11.1 Å². The van der Waals surface area contributed by atoms with Crippen LogP contribution in [0.2, 0.25) is 0 Å². The molecule has 140 valence electrons. The Morgan fingerprint density at radius 1 is 0.852 bits per heavy atom. The smallest absolute Gasteiger partial charge is 0.125 e. The van der Waals surface area contributed by atoms with Crippen LogP contribution in [0, 0.1) is 19.7 Å². The Hall–Kier alpha value is -2.65. The standard InChI is InChI=1S/C24H26FNO/c1-18-6-3-7-19(2)24(18)27-15-5-14-26-17-20-8-4-9-22(16-20)21-10-12-23(25)13-11-21/h3-4,6-13,16,26H,5,14-15,17H2,1-2H3. The van der Waals surface area contributed by atoms with Crippen LogP contribution in [0.15, 0.2) is 66.7 Å². The summed E-state index contributed by atoms with van der Waals surface area (Å²) in [5, 5.41) is 3.46. The summed E-state index contributed by atoms with van der Waals surface area (Å²) in [4.78, 5) is 0. The largest absolute Gasteiger partial charge is 0.493 e. The second kappa shape index (κ2) is 9.33. The third-order valence-electron chi connectivity index (χ3n) is 4.59. The number of hydrogen-bond donors (Lipinski definition) is 1. The molecular formula is C24H26FNO. The summed E-state index contributed by atoms with van der Waals surface area (Å²) in [6.45, 7) is 6.56. The molecule has 2 nitrogen and oxygen atoms in total. The summed E-state index contributed by atoms with van der Waals surface area (Å²) in [6.07, 6.45) is 0.950. The van der Waals surface area contributed by atoms with E-state index in [1.165, 1.54) is 28.8 Å². The summed E-state index contributed by atoms with van der Waals surface area (Å²) in [5.41, 5.74) is 5.71. The van der Waals surface area contributed by atoms with Gasteiger partial charge in [0.1, 0.15) is 11.6 Å². The summed E-state index contributed by atoms with van der Waals surface area (Å²) >= 11 is 0. The van der Waals surface area contributed by atoms with E-state index in [2.05, 4.69) is 55.6 Å². The molecule has 0 radical (unpaired) electrons. The average molecular weight is 363 g/mol. The van der Waals surface area contributed by atoms with Gasteiger partial charge in [-0.25, -0.2) is 4.39 Å². The van der Waals surface area contributed by atoms with E-state index in [1.54, 1.807) is 0 Å². The van der Waals surface area contributed by atoms with Gasteiger partial charge in [-0.05, 0) is 72.8 Å². The van der Waals surface area contributed by atoms with Crippen molar-refractivity contribution in [1.29, 1.82) is 0 Å². The maximum atomic E-state index is 13.1. The lowest BCUT2D eigenvalue weighted by Gasteiger charge is -2.12. The number of halogens is 1. The van der Waals surface area contributed by atoms with Gasteiger partial charge in [0.25, 0.3) is 0 Å². The van der Waals surface area contributed by atoms with Crippen molar-refractivity contribution in [2.75, 3.05) is 13.2 Å². The third kappa shape index (κ3) is 5.41. The molecule has 0 heterocycles. The minimum Gasteiger partial charge on any atom is -0.493 e. The van der Waals surface area contributed by atoms with Gasteiger partial charge >= 0.3 is 0 Å². The van der Waals surface area contributed by atoms with Gasteiger partial charge < -0.3 is 10.1 Å². The molecule has 27 heavy (non-hydrogen) atoms. The van der Waals surface area contributed by atoms with E-state index in [-0.39, 0.29) is 5.82 Å². The summed E-state index contributed by atoms with van der Waals surface area (Å²) < 4.78 is 19.0. The van der Waals surface area contributed by atoms with Crippen molar-refractivity contribution in [3.63, 3.8) is 0 Å². The number of para-hydroxylation sites is 1. The number of nitrogens with one attached hydrogen (secondary N) is 1. The van der Waals surface area contributed by atoms with Crippen LogP contribution in [0.5, 0.6) is 5.75 Å². The summed E-state index contributed by atoms with van der Waals surface area (Å²) in [5.74, 6) is 0.796. The van der Waals surface area contributed by atoms with Crippen molar-refractivity contribution in [3.05, 3.63) is 89.2 Å². The van der Waals surface area contributed by atoms with Gasteiger partial charge in [-0.2, -0.15) is 0 Å². The molecule has 0 saturated heterocycles. The minimum absolute atomic E-state index is 0.209. The van der Waals surface area contributed by atoms with Gasteiger partial charge in [-0.3, -0.25) is 0 Å². The zero-order chi connectivity index (χ0) is 19.1. The molecule has 0 spiro atoms. The first-order valence-corrected chi connectivity index (χ1v) is 9.38. The van der Waals surface area contributed by atoms with Gasteiger partial charge in [0.2, 0.25) is 0 Å². The molecule has 1 N–H and O–H groups in total. The molecule has 0 aliphatic rings. The highest BCUT2D eigenvalue weighted by Gasteiger charge is 2.03. The molecule has 0 amide bonds. The first-order valence-electron chi connectivity index (χ1n) is 9.38. The Labute approximate surface area is 161 Å². The van der Waals surface area contributed by atoms with Crippen LogP contribution < -0.4 is 10.1 Å². The molecule has 3 aromatic carbocycles. The minimum atomic E-state index is -0.209. The molecule has 3 aromatic rings. The molecule has 0 aliphatic heterocycles. The first-order chi connectivity index (χ1) is 13.1. The molecule has 0 atom stereocenters.